The summed E-state index contributed by atoms with van der Waals surface area (Å²) in [5.41, 5.74) is 4.13. The minimum atomic E-state index is -1.07. The Morgan fingerprint density at radius 2 is 2.00 bits per heavy atom. The number of carbonyl (C=O) groups excluding carboxylic acids is 1. The summed E-state index contributed by atoms with van der Waals surface area (Å²) in [5, 5.41) is 11.6. The number of carboxylic acid groups (broad SMARTS) is 1. The number of benzene rings is 1. The van der Waals surface area contributed by atoms with Crippen molar-refractivity contribution in [1.82, 2.24) is 4.98 Å². The first-order chi connectivity index (χ1) is 8.47. The van der Waals surface area contributed by atoms with Crippen molar-refractivity contribution in [1.29, 1.82) is 0 Å². The fourth-order valence-electron chi connectivity index (χ4n) is 1.83. The van der Waals surface area contributed by atoms with Gasteiger partial charge >= 0.3 is 0 Å². The molecule has 2 rings (SSSR count). The summed E-state index contributed by atoms with van der Waals surface area (Å²) in [7, 11) is 0. The molecular formula is C14H14NO2S-. The van der Waals surface area contributed by atoms with E-state index >= 15 is 0 Å². The van der Waals surface area contributed by atoms with Crippen LogP contribution in [-0.2, 0) is 11.2 Å². The van der Waals surface area contributed by atoms with Gasteiger partial charge in [-0.25, -0.2) is 4.98 Å². The van der Waals surface area contributed by atoms with Crippen LogP contribution in [0.1, 0.15) is 21.0 Å². The second-order valence-electron chi connectivity index (χ2n) is 4.35. The Morgan fingerprint density at radius 3 is 2.61 bits per heavy atom. The van der Waals surface area contributed by atoms with E-state index in [4.69, 9.17) is 0 Å². The van der Waals surface area contributed by atoms with E-state index in [1.54, 1.807) is 0 Å². The standard InChI is InChI=1S/C14H15NO2S/c1-8-4-5-11(6-9(8)2)14-12(7-13(16)17)18-10(3)15-14/h4-6H,7H2,1-3H3,(H,16,17)/p-1. The number of thiazole rings is 1. The Balaban J connectivity index is 2.49. The van der Waals surface area contributed by atoms with Gasteiger partial charge in [-0.2, -0.15) is 0 Å². The lowest BCUT2D eigenvalue weighted by atomic mass is 10.0. The maximum atomic E-state index is 10.8. The number of rotatable bonds is 3. The van der Waals surface area contributed by atoms with Crippen LogP contribution >= 0.6 is 11.3 Å². The van der Waals surface area contributed by atoms with Crippen LogP contribution in [0.15, 0.2) is 18.2 Å². The number of aromatic nitrogens is 1. The van der Waals surface area contributed by atoms with Gasteiger partial charge in [0.1, 0.15) is 0 Å². The Labute approximate surface area is 110 Å². The summed E-state index contributed by atoms with van der Waals surface area (Å²) in [6.07, 6.45) is -0.0756. The highest BCUT2D eigenvalue weighted by molar-refractivity contribution is 7.12. The quantitative estimate of drug-likeness (QED) is 0.848. The molecule has 18 heavy (non-hydrogen) atoms. The normalized spacial score (nSPS) is 10.6. The molecule has 0 spiro atoms. The lowest BCUT2D eigenvalue weighted by Crippen LogP contribution is -2.24. The number of aryl methyl sites for hydroxylation is 3. The Morgan fingerprint density at radius 1 is 1.28 bits per heavy atom. The van der Waals surface area contributed by atoms with Crippen LogP contribution in [0, 0.1) is 20.8 Å². The van der Waals surface area contributed by atoms with E-state index in [0.29, 0.717) is 0 Å². The molecule has 0 unspecified atom stereocenters. The predicted octanol–water partition coefficient (Wildman–Crippen LogP) is 2.03. The van der Waals surface area contributed by atoms with E-state index in [2.05, 4.69) is 4.98 Å². The smallest absolute Gasteiger partial charge is 0.0904 e. The van der Waals surface area contributed by atoms with Gasteiger partial charge in [-0.3, -0.25) is 0 Å². The van der Waals surface area contributed by atoms with E-state index in [0.717, 1.165) is 21.1 Å². The van der Waals surface area contributed by atoms with Crippen molar-refractivity contribution in [3.05, 3.63) is 39.2 Å². The first kappa shape index (κ1) is 12.8. The number of aliphatic carboxylic acids is 1. The van der Waals surface area contributed by atoms with Gasteiger partial charge in [0.15, 0.2) is 0 Å². The highest BCUT2D eigenvalue weighted by atomic mass is 32.1. The van der Waals surface area contributed by atoms with Gasteiger partial charge in [-0.15, -0.1) is 11.3 Å². The summed E-state index contributed by atoms with van der Waals surface area (Å²) in [5.74, 6) is -1.07. The third kappa shape index (κ3) is 2.59. The second kappa shape index (κ2) is 4.90. The summed E-state index contributed by atoms with van der Waals surface area (Å²) in [6, 6.07) is 6.06. The first-order valence-electron chi connectivity index (χ1n) is 5.71. The van der Waals surface area contributed by atoms with Crippen LogP contribution in [0.4, 0.5) is 0 Å². The molecule has 1 heterocycles. The van der Waals surface area contributed by atoms with Crippen LogP contribution in [0.25, 0.3) is 11.3 Å². The predicted molar refractivity (Wildman–Crippen MR) is 70.5 cm³/mol. The molecule has 0 aliphatic rings. The molecule has 0 saturated heterocycles. The fraction of sp³-hybridized carbons (Fsp3) is 0.286. The highest BCUT2D eigenvalue weighted by Gasteiger charge is 2.12. The van der Waals surface area contributed by atoms with Crippen molar-refractivity contribution >= 4 is 17.3 Å². The third-order valence-corrected chi connectivity index (χ3v) is 3.86. The number of hydrogen-bond acceptors (Lipinski definition) is 4. The van der Waals surface area contributed by atoms with Crippen LogP contribution in [0.3, 0.4) is 0 Å². The van der Waals surface area contributed by atoms with Gasteiger partial charge in [-0.05, 0) is 38.0 Å². The molecular weight excluding hydrogens is 246 g/mol. The molecule has 2 aromatic rings. The van der Waals surface area contributed by atoms with Gasteiger partial charge in [0.05, 0.1) is 10.7 Å². The molecule has 0 saturated carbocycles. The molecule has 3 nitrogen and oxygen atoms in total. The molecule has 0 radical (unpaired) electrons. The van der Waals surface area contributed by atoms with Crippen molar-refractivity contribution in [3.63, 3.8) is 0 Å². The SMILES string of the molecule is Cc1nc(-c2ccc(C)c(C)c2)c(CC(=O)[O-])s1. The van der Waals surface area contributed by atoms with Crippen molar-refractivity contribution in [2.24, 2.45) is 0 Å². The molecule has 94 valence electrons. The van der Waals surface area contributed by atoms with Crippen LogP contribution < -0.4 is 5.11 Å². The van der Waals surface area contributed by atoms with E-state index < -0.39 is 5.97 Å². The molecule has 1 aromatic heterocycles. The highest BCUT2D eigenvalue weighted by Crippen LogP contribution is 2.29. The lowest BCUT2D eigenvalue weighted by molar-refractivity contribution is -0.304. The monoisotopic (exact) mass is 260 g/mol. The van der Waals surface area contributed by atoms with Gasteiger partial charge in [0.2, 0.25) is 0 Å². The summed E-state index contributed by atoms with van der Waals surface area (Å²) >= 11 is 1.42. The number of nitrogens with zero attached hydrogens (tertiary/aromatic N) is 1. The number of carbonyl (C=O) groups is 1. The molecule has 0 fully saturated rings. The summed E-state index contributed by atoms with van der Waals surface area (Å²) < 4.78 is 0. The molecule has 1 aromatic carbocycles. The zero-order chi connectivity index (χ0) is 13.3. The summed E-state index contributed by atoms with van der Waals surface area (Å²) in [6.45, 7) is 5.97. The number of carboxylic acids is 1. The minimum Gasteiger partial charge on any atom is -0.550 e. The molecule has 4 heteroatoms. The molecule has 0 amide bonds. The van der Waals surface area contributed by atoms with Gasteiger partial charge in [0, 0.05) is 22.8 Å². The summed E-state index contributed by atoms with van der Waals surface area (Å²) in [4.78, 5) is 15.9. The average molecular weight is 260 g/mol. The van der Waals surface area contributed by atoms with Crippen LogP contribution in [-0.4, -0.2) is 11.0 Å². The lowest BCUT2D eigenvalue weighted by Gasteiger charge is -2.06. The Kier molecular flexibility index (Phi) is 3.48. The van der Waals surface area contributed by atoms with E-state index in [1.807, 2.05) is 39.0 Å². The molecule has 0 bridgehead atoms. The average Bonchev–Trinajstić information content (AvgIpc) is 2.62. The van der Waals surface area contributed by atoms with Gasteiger partial charge < -0.3 is 9.90 Å². The van der Waals surface area contributed by atoms with Crippen LogP contribution in [0.2, 0.25) is 0 Å². The molecule has 0 aliphatic heterocycles. The fourth-order valence-corrected chi connectivity index (χ4v) is 2.78. The maximum absolute atomic E-state index is 10.8. The van der Waals surface area contributed by atoms with Crippen LogP contribution in [0.5, 0.6) is 0 Å². The maximum Gasteiger partial charge on any atom is 0.0904 e. The van der Waals surface area contributed by atoms with Gasteiger partial charge in [-0.1, -0.05) is 12.1 Å². The largest absolute Gasteiger partial charge is 0.550 e. The Bertz CT molecular complexity index is 602. The number of hydrogen-bond donors (Lipinski definition) is 0. The second-order valence-corrected chi connectivity index (χ2v) is 5.64. The first-order valence-corrected chi connectivity index (χ1v) is 6.53. The molecule has 0 N–H and O–H groups in total. The molecule has 0 atom stereocenters. The zero-order valence-electron chi connectivity index (χ0n) is 10.6. The van der Waals surface area contributed by atoms with Crippen molar-refractivity contribution < 1.29 is 9.90 Å². The van der Waals surface area contributed by atoms with E-state index in [-0.39, 0.29) is 6.42 Å². The van der Waals surface area contributed by atoms with Crippen molar-refractivity contribution in [2.45, 2.75) is 27.2 Å². The van der Waals surface area contributed by atoms with E-state index in [1.165, 1.54) is 22.5 Å². The minimum absolute atomic E-state index is 0.0756. The topological polar surface area (TPSA) is 53.0 Å². The Hall–Kier alpha value is -1.68. The third-order valence-electron chi connectivity index (χ3n) is 2.89. The van der Waals surface area contributed by atoms with Crippen molar-refractivity contribution in [2.75, 3.05) is 0 Å². The van der Waals surface area contributed by atoms with Gasteiger partial charge in [0.25, 0.3) is 0 Å². The molecule has 0 aliphatic carbocycles. The van der Waals surface area contributed by atoms with E-state index in [9.17, 15) is 9.90 Å². The zero-order valence-corrected chi connectivity index (χ0v) is 11.4. The van der Waals surface area contributed by atoms with Crippen molar-refractivity contribution in [3.8, 4) is 11.3 Å².